The molecule has 1 unspecified atom stereocenters. The maximum Gasteiger partial charge on any atom is 0.0349 e. The molecule has 1 nitrogen and oxygen atoms in total. The lowest BCUT2D eigenvalue weighted by atomic mass is 9.81. The summed E-state index contributed by atoms with van der Waals surface area (Å²) in [5.41, 5.74) is 5.56. The van der Waals surface area contributed by atoms with Gasteiger partial charge in [0.05, 0.1) is 0 Å². The average Bonchev–Trinajstić information content (AvgIpc) is 2.49. The van der Waals surface area contributed by atoms with Crippen molar-refractivity contribution in [2.75, 3.05) is 0 Å². The largest absolute Gasteiger partial charge is 0.264 e. The van der Waals surface area contributed by atoms with Gasteiger partial charge < -0.3 is 0 Å². The summed E-state index contributed by atoms with van der Waals surface area (Å²) in [6.45, 7) is 12.8. The van der Waals surface area contributed by atoms with Crippen LogP contribution in [0.3, 0.4) is 0 Å². The highest BCUT2D eigenvalue weighted by Gasteiger charge is 2.20. The molecule has 0 aliphatic heterocycles. The number of pyridine rings is 1. The Bertz CT molecular complexity index is 540. The van der Waals surface area contributed by atoms with Crippen LogP contribution in [0.5, 0.6) is 0 Å². The van der Waals surface area contributed by atoms with E-state index in [2.05, 4.69) is 63.0 Å². The molecular formula is C20H29N. The maximum atomic E-state index is 4.23. The summed E-state index contributed by atoms with van der Waals surface area (Å²) in [6, 6.07) is 10.8. The number of fused-ring (bicyclic) bond motifs is 3. The van der Waals surface area contributed by atoms with Crippen LogP contribution < -0.4 is 0 Å². The van der Waals surface area contributed by atoms with Crippen molar-refractivity contribution in [1.82, 2.24) is 4.98 Å². The molecule has 1 aromatic carbocycles. The van der Waals surface area contributed by atoms with Crippen LogP contribution in [0, 0.1) is 5.92 Å². The molecule has 0 amide bonds. The van der Waals surface area contributed by atoms with Gasteiger partial charge >= 0.3 is 0 Å². The van der Waals surface area contributed by atoms with Crippen LogP contribution in [0.4, 0.5) is 0 Å². The lowest BCUT2D eigenvalue weighted by molar-refractivity contribution is 0.737. The highest BCUT2D eigenvalue weighted by molar-refractivity contribution is 5.72. The van der Waals surface area contributed by atoms with Crippen LogP contribution >= 0.6 is 0 Å². The van der Waals surface area contributed by atoms with Crippen molar-refractivity contribution < 1.29 is 0 Å². The first kappa shape index (κ1) is 17.4. The normalized spacial score (nSPS) is 14.9. The van der Waals surface area contributed by atoms with Gasteiger partial charge in [0.25, 0.3) is 0 Å². The molecule has 3 rings (SSSR count). The maximum absolute atomic E-state index is 4.23. The summed E-state index contributed by atoms with van der Waals surface area (Å²) in [6.07, 6.45) is 5.03. The highest BCUT2D eigenvalue weighted by Crippen LogP contribution is 2.38. The second-order valence-electron chi connectivity index (χ2n) is 5.96. The Morgan fingerprint density at radius 2 is 1.62 bits per heavy atom. The lowest BCUT2D eigenvalue weighted by Gasteiger charge is -2.24. The molecule has 1 atom stereocenters. The molecule has 0 bridgehead atoms. The van der Waals surface area contributed by atoms with Crippen LogP contribution in [0.2, 0.25) is 0 Å². The van der Waals surface area contributed by atoms with Gasteiger partial charge in [0.15, 0.2) is 0 Å². The number of hydrogen-bond donors (Lipinski definition) is 0. The number of rotatable bonds is 0. The Morgan fingerprint density at radius 3 is 2.29 bits per heavy atom. The minimum atomic E-state index is 0.609. The Balaban J connectivity index is 0.000000322. The molecule has 0 radical (unpaired) electrons. The minimum Gasteiger partial charge on any atom is -0.264 e. The van der Waals surface area contributed by atoms with E-state index < -0.39 is 0 Å². The summed E-state index contributed by atoms with van der Waals surface area (Å²) in [7, 11) is 0. The minimum absolute atomic E-state index is 0.609. The molecule has 0 fully saturated rings. The molecule has 1 heteroatoms. The van der Waals surface area contributed by atoms with Crippen LogP contribution in [-0.4, -0.2) is 4.98 Å². The standard InChI is InChI=1S/C14H13N.C4H10.C2H6/c1-10-8-11-4-2-3-5-13(11)14-9-15-7-6-12(10)14;1-4(2)3;1-2/h2-7,9-10H,8H2,1H3;4H,1-3H3;1-2H3. The zero-order valence-corrected chi connectivity index (χ0v) is 14.4. The average molecular weight is 283 g/mol. The second-order valence-corrected chi connectivity index (χ2v) is 5.96. The lowest BCUT2D eigenvalue weighted by Crippen LogP contribution is -2.08. The molecule has 1 heterocycles. The number of benzene rings is 1. The summed E-state index contributed by atoms with van der Waals surface area (Å²) >= 11 is 0. The zero-order valence-electron chi connectivity index (χ0n) is 14.4. The number of aromatic nitrogens is 1. The molecule has 1 aromatic heterocycles. The van der Waals surface area contributed by atoms with E-state index in [-0.39, 0.29) is 0 Å². The van der Waals surface area contributed by atoms with E-state index in [4.69, 9.17) is 0 Å². The molecule has 1 aliphatic rings. The topological polar surface area (TPSA) is 12.9 Å². The molecule has 0 spiro atoms. The van der Waals surface area contributed by atoms with Gasteiger partial charge in [0.2, 0.25) is 0 Å². The van der Waals surface area contributed by atoms with E-state index in [0.717, 1.165) is 12.3 Å². The molecule has 0 saturated heterocycles. The van der Waals surface area contributed by atoms with E-state index in [1.165, 1.54) is 22.3 Å². The van der Waals surface area contributed by atoms with E-state index >= 15 is 0 Å². The summed E-state index contributed by atoms with van der Waals surface area (Å²) < 4.78 is 0. The first-order chi connectivity index (χ1) is 10.1. The third-order valence-corrected chi connectivity index (χ3v) is 3.22. The molecule has 21 heavy (non-hydrogen) atoms. The van der Waals surface area contributed by atoms with Crippen LogP contribution in [-0.2, 0) is 6.42 Å². The molecule has 2 aromatic rings. The van der Waals surface area contributed by atoms with E-state index in [1.807, 2.05) is 26.2 Å². The van der Waals surface area contributed by atoms with Gasteiger partial charge in [0.1, 0.15) is 0 Å². The van der Waals surface area contributed by atoms with Gasteiger partial charge in [-0.1, -0.05) is 65.8 Å². The van der Waals surface area contributed by atoms with Gasteiger partial charge in [-0.3, -0.25) is 4.98 Å². The molecule has 1 aliphatic carbocycles. The fraction of sp³-hybridized carbons (Fsp3) is 0.450. The fourth-order valence-corrected chi connectivity index (χ4v) is 2.46. The zero-order chi connectivity index (χ0) is 15.8. The van der Waals surface area contributed by atoms with Crippen molar-refractivity contribution >= 4 is 0 Å². The third kappa shape index (κ3) is 4.70. The third-order valence-electron chi connectivity index (χ3n) is 3.22. The number of nitrogens with zero attached hydrogens (tertiary/aromatic N) is 1. The predicted molar refractivity (Wildman–Crippen MR) is 93.7 cm³/mol. The summed E-state index contributed by atoms with van der Waals surface area (Å²) in [5, 5.41) is 0. The van der Waals surface area contributed by atoms with Crippen molar-refractivity contribution in [2.24, 2.45) is 5.92 Å². The van der Waals surface area contributed by atoms with Gasteiger partial charge in [0, 0.05) is 18.0 Å². The Labute approximate surface area is 130 Å². The van der Waals surface area contributed by atoms with Crippen molar-refractivity contribution in [3.8, 4) is 11.1 Å². The van der Waals surface area contributed by atoms with E-state index in [0.29, 0.717) is 5.92 Å². The smallest absolute Gasteiger partial charge is 0.0349 e. The van der Waals surface area contributed by atoms with Crippen LogP contribution in [0.15, 0.2) is 42.7 Å². The molecule has 114 valence electrons. The fourth-order valence-electron chi connectivity index (χ4n) is 2.46. The van der Waals surface area contributed by atoms with Crippen molar-refractivity contribution in [1.29, 1.82) is 0 Å². The van der Waals surface area contributed by atoms with Crippen molar-refractivity contribution in [2.45, 2.75) is 53.9 Å². The Kier molecular flexibility index (Phi) is 7.14. The van der Waals surface area contributed by atoms with Crippen molar-refractivity contribution in [3.63, 3.8) is 0 Å². The SMILES string of the molecule is CC.CC(C)C.CC1Cc2ccccc2-c2cnccc21. The van der Waals surface area contributed by atoms with Crippen molar-refractivity contribution in [3.05, 3.63) is 53.9 Å². The van der Waals surface area contributed by atoms with Gasteiger partial charge in [-0.25, -0.2) is 0 Å². The Morgan fingerprint density at radius 1 is 1.00 bits per heavy atom. The number of hydrogen-bond acceptors (Lipinski definition) is 1. The van der Waals surface area contributed by atoms with E-state index in [1.54, 1.807) is 0 Å². The predicted octanol–water partition coefficient (Wildman–Crippen LogP) is 6.10. The molecule has 0 N–H and O–H groups in total. The molecular weight excluding hydrogens is 254 g/mol. The molecule has 0 saturated carbocycles. The van der Waals surface area contributed by atoms with Gasteiger partial charge in [-0.15, -0.1) is 0 Å². The van der Waals surface area contributed by atoms with Gasteiger partial charge in [-0.2, -0.15) is 0 Å². The highest BCUT2D eigenvalue weighted by atomic mass is 14.6. The Hall–Kier alpha value is -1.63. The summed E-state index contributed by atoms with van der Waals surface area (Å²) in [4.78, 5) is 4.23. The van der Waals surface area contributed by atoms with E-state index in [9.17, 15) is 0 Å². The quantitative estimate of drug-likeness (QED) is 0.569. The van der Waals surface area contributed by atoms with Gasteiger partial charge in [-0.05, 0) is 41.0 Å². The monoisotopic (exact) mass is 283 g/mol. The van der Waals surface area contributed by atoms with Crippen LogP contribution in [0.25, 0.3) is 11.1 Å². The summed E-state index contributed by atoms with van der Waals surface area (Å²) in [5.74, 6) is 1.44. The van der Waals surface area contributed by atoms with Crippen LogP contribution in [0.1, 0.15) is 58.6 Å². The first-order valence-corrected chi connectivity index (χ1v) is 8.11. The first-order valence-electron chi connectivity index (χ1n) is 8.11. The second kappa shape index (κ2) is 8.61.